The number of nitrogens with zero attached hydrogens (tertiary/aromatic N) is 2. The van der Waals surface area contributed by atoms with Crippen molar-refractivity contribution in [3.8, 4) is 0 Å². The summed E-state index contributed by atoms with van der Waals surface area (Å²) in [5.41, 5.74) is 2.36. The number of hydrazone groups is 1. The monoisotopic (exact) mass is 487 g/mol. The average Bonchev–Trinajstić information content (AvgIpc) is 3.20. The Balaban J connectivity index is 1.80. The van der Waals surface area contributed by atoms with E-state index < -0.39 is 31.9 Å². The Kier molecular flexibility index (Phi) is 5.98. The van der Waals surface area contributed by atoms with Gasteiger partial charge >= 0.3 is 0 Å². The molecule has 10 heteroatoms. The lowest BCUT2D eigenvalue weighted by atomic mass is 9.98. The highest BCUT2D eigenvalue weighted by atomic mass is 32.2. The second kappa shape index (κ2) is 8.60. The van der Waals surface area contributed by atoms with Gasteiger partial charge in [0.2, 0.25) is 10.0 Å². The van der Waals surface area contributed by atoms with Crippen molar-refractivity contribution in [1.82, 2.24) is 4.41 Å². The zero-order valence-electron chi connectivity index (χ0n) is 17.9. The van der Waals surface area contributed by atoms with Gasteiger partial charge in [0.05, 0.1) is 22.9 Å². The number of anilines is 1. The van der Waals surface area contributed by atoms with Crippen LogP contribution >= 0.6 is 0 Å². The van der Waals surface area contributed by atoms with Crippen molar-refractivity contribution < 1.29 is 21.2 Å². The number of halogens is 1. The molecule has 3 aromatic carbocycles. The first-order valence-electron chi connectivity index (χ1n) is 10.1. The molecule has 1 N–H and O–H groups in total. The van der Waals surface area contributed by atoms with Crippen LogP contribution in [0.3, 0.4) is 0 Å². The first kappa shape index (κ1) is 22.9. The third kappa shape index (κ3) is 4.91. The number of hydrogen-bond donors (Lipinski definition) is 1. The molecule has 1 aliphatic rings. The summed E-state index contributed by atoms with van der Waals surface area (Å²) in [6.45, 7) is 1.85. The van der Waals surface area contributed by atoms with Gasteiger partial charge in [-0.25, -0.2) is 12.8 Å². The molecular weight excluding hydrogens is 465 g/mol. The number of aryl methyl sites for hydroxylation is 1. The third-order valence-electron chi connectivity index (χ3n) is 5.20. The van der Waals surface area contributed by atoms with E-state index in [1.54, 1.807) is 42.5 Å². The van der Waals surface area contributed by atoms with Crippen molar-refractivity contribution in [2.45, 2.75) is 24.3 Å². The van der Waals surface area contributed by atoms with Crippen molar-refractivity contribution in [1.29, 1.82) is 0 Å². The highest BCUT2D eigenvalue weighted by Gasteiger charge is 2.38. The molecule has 0 aliphatic carbocycles. The van der Waals surface area contributed by atoms with E-state index in [-0.39, 0.29) is 16.9 Å². The summed E-state index contributed by atoms with van der Waals surface area (Å²) in [5, 5.41) is 4.38. The van der Waals surface area contributed by atoms with Gasteiger partial charge in [-0.3, -0.25) is 4.72 Å². The van der Waals surface area contributed by atoms with Crippen molar-refractivity contribution in [2.24, 2.45) is 5.10 Å². The van der Waals surface area contributed by atoms with E-state index in [1.807, 2.05) is 6.92 Å². The van der Waals surface area contributed by atoms with Crippen LogP contribution in [0.25, 0.3) is 0 Å². The Labute approximate surface area is 192 Å². The quantitative estimate of drug-likeness (QED) is 0.568. The van der Waals surface area contributed by atoms with E-state index in [0.29, 0.717) is 17.0 Å². The largest absolute Gasteiger partial charge is 0.284 e. The normalized spacial score (nSPS) is 16.5. The van der Waals surface area contributed by atoms with Gasteiger partial charge in [-0.15, -0.1) is 0 Å². The van der Waals surface area contributed by atoms with Gasteiger partial charge in [-0.05, 0) is 42.8 Å². The van der Waals surface area contributed by atoms with Gasteiger partial charge in [0.15, 0.2) is 0 Å². The zero-order valence-corrected chi connectivity index (χ0v) is 19.6. The molecule has 0 saturated heterocycles. The minimum atomic E-state index is -4.08. The maximum absolute atomic E-state index is 14.7. The van der Waals surface area contributed by atoms with Crippen LogP contribution < -0.4 is 4.72 Å². The molecule has 1 aliphatic heterocycles. The Hall–Kier alpha value is -3.24. The average molecular weight is 488 g/mol. The van der Waals surface area contributed by atoms with Crippen LogP contribution in [0, 0.1) is 12.7 Å². The van der Waals surface area contributed by atoms with Gasteiger partial charge < -0.3 is 0 Å². The van der Waals surface area contributed by atoms with Crippen LogP contribution in [0.4, 0.5) is 10.1 Å². The highest BCUT2D eigenvalue weighted by molar-refractivity contribution is 7.92. The van der Waals surface area contributed by atoms with E-state index in [0.717, 1.165) is 16.2 Å². The minimum Gasteiger partial charge on any atom is -0.284 e. The lowest BCUT2D eigenvalue weighted by Crippen LogP contribution is -2.28. The van der Waals surface area contributed by atoms with E-state index in [2.05, 4.69) is 9.82 Å². The maximum atomic E-state index is 14.7. The summed E-state index contributed by atoms with van der Waals surface area (Å²) < 4.78 is 68.2. The number of hydrogen-bond acceptors (Lipinski definition) is 5. The van der Waals surface area contributed by atoms with E-state index in [9.17, 15) is 21.2 Å². The van der Waals surface area contributed by atoms with Gasteiger partial charge in [-0.1, -0.05) is 48.0 Å². The highest BCUT2D eigenvalue weighted by Crippen LogP contribution is 2.38. The van der Waals surface area contributed by atoms with Crippen molar-refractivity contribution in [2.75, 3.05) is 11.0 Å². The molecule has 7 nitrogen and oxygen atoms in total. The SMILES string of the molecule is Cc1ccc(S(=O)(=O)N2N=C(c3cccc(NS(C)(=O)=O)c3)CC2c2ccccc2F)cc1. The van der Waals surface area contributed by atoms with E-state index in [1.165, 1.54) is 30.3 Å². The Morgan fingerprint density at radius 1 is 0.970 bits per heavy atom. The molecule has 172 valence electrons. The molecular formula is C23H22FN3O4S2. The third-order valence-corrected chi connectivity index (χ3v) is 7.50. The lowest BCUT2D eigenvalue weighted by molar-refractivity contribution is 0.362. The van der Waals surface area contributed by atoms with Crippen molar-refractivity contribution >= 4 is 31.4 Å². The number of nitrogens with one attached hydrogen (secondary N) is 1. The number of sulfonamides is 2. The fourth-order valence-corrected chi connectivity index (χ4v) is 5.64. The molecule has 0 fully saturated rings. The molecule has 0 radical (unpaired) electrons. The van der Waals surface area contributed by atoms with Crippen LogP contribution in [0.15, 0.2) is 82.8 Å². The van der Waals surface area contributed by atoms with Crippen LogP contribution in [0.5, 0.6) is 0 Å². The summed E-state index contributed by atoms with van der Waals surface area (Å²) in [5.74, 6) is -0.532. The Morgan fingerprint density at radius 3 is 2.33 bits per heavy atom. The second-order valence-corrected chi connectivity index (χ2v) is 11.4. The molecule has 0 saturated carbocycles. The van der Waals surface area contributed by atoms with Crippen LogP contribution in [-0.4, -0.2) is 33.2 Å². The number of benzene rings is 3. The summed E-state index contributed by atoms with van der Waals surface area (Å²) in [7, 11) is -7.58. The smallest absolute Gasteiger partial charge is 0.279 e. The Bertz CT molecular complexity index is 1440. The summed E-state index contributed by atoms with van der Waals surface area (Å²) in [4.78, 5) is 0.0481. The molecule has 33 heavy (non-hydrogen) atoms. The predicted molar refractivity (Wildman–Crippen MR) is 125 cm³/mol. The van der Waals surface area contributed by atoms with Crippen LogP contribution in [-0.2, 0) is 20.0 Å². The molecule has 1 heterocycles. The Morgan fingerprint density at radius 2 is 1.67 bits per heavy atom. The van der Waals surface area contributed by atoms with Gasteiger partial charge in [0, 0.05) is 17.7 Å². The topological polar surface area (TPSA) is 95.9 Å². The van der Waals surface area contributed by atoms with Crippen LogP contribution in [0.1, 0.15) is 29.2 Å². The predicted octanol–water partition coefficient (Wildman–Crippen LogP) is 4.05. The first-order chi connectivity index (χ1) is 15.5. The van der Waals surface area contributed by atoms with Gasteiger partial charge in [-0.2, -0.15) is 17.9 Å². The van der Waals surface area contributed by atoms with Gasteiger partial charge in [0.25, 0.3) is 10.0 Å². The summed E-state index contributed by atoms with van der Waals surface area (Å²) in [6.07, 6.45) is 1.16. The molecule has 0 bridgehead atoms. The molecule has 0 aromatic heterocycles. The van der Waals surface area contributed by atoms with Crippen molar-refractivity contribution in [3.63, 3.8) is 0 Å². The maximum Gasteiger partial charge on any atom is 0.279 e. The minimum absolute atomic E-state index is 0.0481. The molecule has 1 atom stereocenters. The number of rotatable bonds is 6. The zero-order chi connectivity index (χ0) is 23.8. The molecule has 4 rings (SSSR count). The lowest BCUT2D eigenvalue weighted by Gasteiger charge is -2.23. The van der Waals surface area contributed by atoms with Crippen molar-refractivity contribution in [3.05, 3.63) is 95.3 Å². The fourth-order valence-electron chi connectivity index (χ4n) is 3.66. The standard InChI is InChI=1S/C23H22FN3O4S2/c1-16-10-12-19(13-11-16)33(30,31)27-23(20-8-3-4-9-21(20)24)15-22(25-27)17-6-5-7-18(14-17)26-32(2,28)29/h3-14,23,26H,15H2,1-2H3. The molecule has 1 unspecified atom stereocenters. The molecule has 0 amide bonds. The van der Waals surface area contributed by atoms with Gasteiger partial charge in [0.1, 0.15) is 5.82 Å². The van der Waals surface area contributed by atoms with E-state index >= 15 is 0 Å². The fraction of sp³-hybridized carbons (Fsp3) is 0.174. The second-order valence-electron chi connectivity index (χ2n) is 7.83. The summed E-state index contributed by atoms with van der Waals surface area (Å²) in [6, 6.07) is 18.0. The first-order valence-corrected chi connectivity index (χ1v) is 13.4. The molecule has 3 aromatic rings. The molecule has 0 spiro atoms. The van der Waals surface area contributed by atoms with E-state index in [4.69, 9.17) is 0 Å². The van der Waals surface area contributed by atoms with Crippen LogP contribution in [0.2, 0.25) is 0 Å². The summed E-state index contributed by atoms with van der Waals surface area (Å²) >= 11 is 0.